The predicted molar refractivity (Wildman–Crippen MR) is 69.4 cm³/mol. The summed E-state index contributed by atoms with van der Waals surface area (Å²) in [5.41, 5.74) is 6.22. The molecule has 6 nitrogen and oxygen atoms in total. The lowest BCUT2D eigenvalue weighted by atomic mass is 9.83. The van der Waals surface area contributed by atoms with Crippen LogP contribution in [-0.4, -0.2) is 19.9 Å². The second-order valence-corrected chi connectivity index (χ2v) is 5.08. The van der Waals surface area contributed by atoms with Gasteiger partial charge in [0, 0.05) is 5.41 Å². The summed E-state index contributed by atoms with van der Waals surface area (Å²) in [5, 5.41) is 0. The molecule has 0 spiro atoms. The summed E-state index contributed by atoms with van der Waals surface area (Å²) < 4.78 is 0. The second kappa shape index (κ2) is 3.83. The number of nitrogens with one attached hydrogen (secondary N) is 2. The summed E-state index contributed by atoms with van der Waals surface area (Å²) in [4.78, 5) is 26.0. The zero-order valence-corrected chi connectivity index (χ0v) is 10.4. The van der Waals surface area contributed by atoms with Gasteiger partial charge in [0.15, 0.2) is 11.2 Å². The monoisotopic (exact) mass is 247 g/mol. The number of nitrogens with two attached hydrogens (primary N) is 1. The Morgan fingerprint density at radius 2 is 2.00 bits per heavy atom. The third kappa shape index (κ3) is 1.52. The van der Waals surface area contributed by atoms with Gasteiger partial charge in [0.1, 0.15) is 5.82 Å². The Bertz CT molecular complexity index is 635. The highest BCUT2D eigenvalue weighted by Gasteiger charge is 2.37. The van der Waals surface area contributed by atoms with Crippen LogP contribution < -0.4 is 11.3 Å². The topological polar surface area (TPSA) is 100 Å². The highest BCUT2D eigenvalue weighted by molar-refractivity contribution is 5.70. The van der Waals surface area contributed by atoms with Gasteiger partial charge in [0.2, 0.25) is 5.95 Å². The number of fused-ring (bicyclic) bond motifs is 1. The van der Waals surface area contributed by atoms with E-state index in [9.17, 15) is 4.79 Å². The largest absolute Gasteiger partial charge is 0.369 e. The molecule has 1 aliphatic carbocycles. The molecular formula is C12H17N5O. The van der Waals surface area contributed by atoms with Crippen molar-refractivity contribution in [3.8, 4) is 0 Å². The van der Waals surface area contributed by atoms with E-state index < -0.39 is 0 Å². The van der Waals surface area contributed by atoms with E-state index in [-0.39, 0.29) is 16.9 Å². The van der Waals surface area contributed by atoms with Crippen molar-refractivity contribution in [1.29, 1.82) is 0 Å². The van der Waals surface area contributed by atoms with Crippen LogP contribution in [0.2, 0.25) is 0 Å². The molecule has 2 heterocycles. The first kappa shape index (κ1) is 11.3. The molecule has 1 saturated carbocycles. The van der Waals surface area contributed by atoms with Crippen LogP contribution in [0.15, 0.2) is 4.79 Å². The van der Waals surface area contributed by atoms with Crippen molar-refractivity contribution < 1.29 is 0 Å². The van der Waals surface area contributed by atoms with Crippen molar-refractivity contribution in [1.82, 2.24) is 19.9 Å². The zero-order chi connectivity index (χ0) is 12.8. The molecular weight excluding hydrogens is 230 g/mol. The van der Waals surface area contributed by atoms with E-state index in [0.717, 1.165) is 25.1 Å². The smallest absolute Gasteiger partial charge is 0.278 e. The number of nitrogens with zero attached hydrogens (tertiary/aromatic N) is 2. The average molecular weight is 247 g/mol. The second-order valence-electron chi connectivity index (χ2n) is 5.08. The molecule has 2 aromatic heterocycles. The van der Waals surface area contributed by atoms with Gasteiger partial charge in [-0.1, -0.05) is 19.8 Å². The minimum atomic E-state index is -0.250. The molecule has 0 bridgehead atoms. The molecule has 0 radical (unpaired) electrons. The van der Waals surface area contributed by atoms with E-state index in [1.807, 2.05) is 0 Å². The Labute approximate surface area is 104 Å². The maximum absolute atomic E-state index is 11.8. The summed E-state index contributed by atoms with van der Waals surface area (Å²) in [6.45, 7) is 2.17. The third-order valence-corrected chi connectivity index (χ3v) is 4.12. The van der Waals surface area contributed by atoms with E-state index >= 15 is 0 Å². The molecule has 0 aromatic carbocycles. The molecule has 0 saturated heterocycles. The predicted octanol–water partition coefficient (Wildman–Crippen LogP) is 1.45. The highest BCUT2D eigenvalue weighted by Crippen LogP contribution is 2.42. The first-order valence-electron chi connectivity index (χ1n) is 6.40. The lowest BCUT2D eigenvalue weighted by molar-refractivity contribution is 0.403. The van der Waals surface area contributed by atoms with Crippen LogP contribution in [0.5, 0.6) is 0 Å². The fraction of sp³-hybridized carbons (Fsp3) is 0.583. The number of anilines is 1. The van der Waals surface area contributed by atoms with Crippen LogP contribution in [0.25, 0.3) is 11.2 Å². The SMILES string of the molecule is CCC1(c2nc3nc(N)[nH]c(=O)c3[nH]2)CCCC1. The number of H-pyrrole nitrogens is 2. The quantitative estimate of drug-likeness (QED) is 0.747. The summed E-state index contributed by atoms with van der Waals surface area (Å²) in [5.74, 6) is 1.00. The summed E-state index contributed by atoms with van der Waals surface area (Å²) in [6, 6.07) is 0. The zero-order valence-electron chi connectivity index (χ0n) is 10.4. The Morgan fingerprint density at radius 1 is 1.28 bits per heavy atom. The van der Waals surface area contributed by atoms with Gasteiger partial charge in [0.05, 0.1) is 0 Å². The van der Waals surface area contributed by atoms with Gasteiger partial charge >= 0.3 is 0 Å². The number of hydrogen-bond acceptors (Lipinski definition) is 4. The lowest BCUT2D eigenvalue weighted by Crippen LogP contribution is -2.22. The first-order valence-corrected chi connectivity index (χ1v) is 6.40. The summed E-state index contributed by atoms with van der Waals surface area (Å²) in [6.07, 6.45) is 5.71. The first-order chi connectivity index (χ1) is 8.64. The normalized spacial score (nSPS) is 18.5. The number of hydrogen-bond donors (Lipinski definition) is 3. The molecule has 6 heteroatoms. The Morgan fingerprint density at radius 3 is 2.67 bits per heavy atom. The fourth-order valence-corrected chi connectivity index (χ4v) is 2.98. The third-order valence-electron chi connectivity index (χ3n) is 4.12. The van der Waals surface area contributed by atoms with E-state index in [2.05, 4.69) is 26.9 Å². The summed E-state index contributed by atoms with van der Waals surface area (Å²) >= 11 is 0. The minimum absolute atomic E-state index is 0.0852. The van der Waals surface area contributed by atoms with Crippen molar-refractivity contribution in [2.45, 2.75) is 44.4 Å². The van der Waals surface area contributed by atoms with Gasteiger partial charge in [-0.2, -0.15) is 4.98 Å². The van der Waals surface area contributed by atoms with Crippen LogP contribution in [0.1, 0.15) is 44.9 Å². The van der Waals surface area contributed by atoms with Gasteiger partial charge in [0.25, 0.3) is 5.56 Å². The van der Waals surface area contributed by atoms with Crippen molar-refractivity contribution in [2.24, 2.45) is 0 Å². The van der Waals surface area contributed by atoms with Crippen molar-refractivity contribution >= 4 is 17.1 Å². The van der Waals surface area contributed by atoms with E-state index in [0.29, 0.717) is 11.2 Å². The van der Waals surface area contributed by atoms with E-state index in [4.69, 9.17) is 5.73 Å². The molecule has 4 N–H and O–H groups in total. The van der Waals surface area contributed by atoms with E-state index in [1.165, 1.54) is 12.8 Å². The van der Waals surface area contributed by atoms with Crippen LogP contribution in [-0.2, 0) is 5.41 Å². The minimum Gasteiger partial charge on any atom is -0.369 e. The number of rotatable bonds is 2. The number of nitrogen functional groups attached to an aromatic ring is 1. The van der Waals surface area contributed by atoms with Gasteiger partial charge in [-0.3, -0.25) is 9.78 Å². The number of aromatic amines is 2. The van der Waals surface area contributed by atoms with Gasteiger partial charge < -0.3 is 10.7 Å². The summed E-state index contributed by atoms with van der Waals surface area (Å²) in [7, 11) is 0. The Balaban J connectivity index is 2.19. The van der Waals surface area contributed by atoms with Crippen LogP contribution in [0.3, 0.4) is 0 Å². The Kier molecular flexibility index (Phi) is 2.39. The number of aromatic nitrogens is 4. The average Bonchev–Trinajstić information content (AvgIpc) is 2.94. The number of imidazole rings is 1. The van der Waals surface area contributed by atoms with E-state index in [1.54, 1.807) is 0 Å². The van der Waals surface area contributed by atoms with Crippen LogP contribution in [0, 0.1) is 0 Å². The molecule has 2 aromatic rings. The lowest BCUT2D eigenvalue weighted by Gasteiger charge is -2.24. The maximum Gasteiger partial charge on any atom is 0.278 e. The molecule has 0 atom stereocenters. The van der Waals surface area contributed by atoms with Crippen molar-refractivity contribution in [3.05, 3.63) is 16.2 Å². The molecule has 3 rings (SSSR count). The van der Waals surface area contributed by atoms with Crippen molar-refractivity contribution in [3.63, 3.8) is 0 Å². The highest BCUT2D eigenvalue weighted by atomic mass is 16.1. The van der Waals surface area contributed by atoms with Crippen molar-refractivity contribution in [2.75, 3.05) is 5.73 Å². The molecule has 0 amide bonds. The molecule has 96 valence electrons. The van der Waals surface area contributed by atoms with Crippen LogP contribution in [0.4, 0.5) is 5.95 Å². The fourth-order valence-electron chi connectivity index (χ4n) is 2.98. The van der Waals surface area contributed by atoms with Gasteiger partial charge in [-0.25, -0.2) is 4.98 Å². The Hall–Kier alpha value is -1.85. The van der Waals surface area contributed by atoms with Gasteiger partial charge in [-0.05, 0) is 19.3 Å². The molecule has 0 aliphatic heterocycles. The maximum atomic E-state index is 11.8. The molecule has 1 aliphatic rings. The molecule has 1 fully saturated rings. The molecule has 18 heavy (non-hydrogen) atoms. The standard InChI is InChI=1S/C12H17N5O/c1-2-12(5-3-4-6-12)10-14-7-8(15-10)16-11(13)17-9(7)18/h2-6H2,1H3,(H4,13,14,15,16,17,18). The molecule has 0 unspecified atom stereocenters. The van der Waals surface area contributed by atoms with Crippen LogP contribution >= 0.6 is 0 Å². The van der Waals surface area contributed by atoms with Gasteiger partial charge in [-0.15, -0.1) is 0 Å².